The van der Waals surface area contributed by atoms with Gasteiger partial charge < -0.3 is 10.6 Å². The Morgan fingerprint density at radius 1 is 1.21 bits per heavy atom. The zero-order valence-corrected chi connectivity index (χ0v) is 19.5. The van der Waals surface area contributed by atoms with Gasteiger partial charge in [0.1, 0.15) is 5.01 Å². The van der Waals surface area contributed by atoms with Gasteiger partial charge in [0.05, 0.1) is 18.8 Å². The lowest BCUT2D eigenvalue weighted by atomic mass is 10.1. The van der Waals surface area contributed by atoms with Crippen LogP contribution in [-0.2, 0) is 39.2 Å². The number of aromatic nitrogens is 3. The molecule has 2 N–H and O–H groups in total. The van der Waals surface area contributed by atoms with Crippen LogP contribution in [0, 0.1) is 0 Å². The molecule has 0 saturated carbocycles. The molecule has 0 aliphatic carbocycles. The number of nitrogens with one attached hydrogen (secondary N) is 2. The van der Waals surface area contributed by atoms with Gasteiger partial charge in [0.25, 0.3) is 0 Å². The zero-order chi connectivity index (χ0) is 20.0. The van der Waals surface area contributed by atoms with Crippen LogP contribution in [0.5, 0.6) is 0 Å². The van der Waals surface area contributed by atoms with Gasteiger partial charge in [-0.2, -0.15) is 18.3 Å². The highest BCUT2D eigenvalue weighted by atomic mass is 127. The second-order valence-corrected chi connectivity index (χ2v) is 6.82. The lowest BCUT2D eigenvalue weighted by Crippen LogP contribution is -2.36. The standard InChI is InChI=1S/C17H25F3N6S.HI/c1-5-12-11(13(6-2)26(4)25-12)8-22-16(21-7-3)23-9-15-24-14(10-27-15)17(18,19)20;/h10H,5-9H2,1-4H3,(H2,21,22,23);1H. The Labute approximate surface area is 184 Å². The Kier molecular flexibility index (Phi) is 9.67. The minimum atomic E-state index is -4.42. The number of halogens is 4. The van der Waals surface area contributed by atoms with E-state index in [1.54, 1.807) is 0 Å². The van der Waals surface area contributed by atoms with E-state index in [-0.39, 0.29) is 30.5 Å². The van der Waals surface area contributed by atoms with Crippen LogP contribution in [-0.4, -0.2) is 27.3 Å². The van der Waals surface area contributed by atoms with Crippen molar-refractivity contribution in [2.75, 3.05) is 6.54 Å². The summed E-state index contributed by atoms with van der Waals surface area (Å²) in [6, 6.07) is 0. The number of thiazole rings is 1. The van der Waals surface area contributed by atoms with E-state index in [4.69, 9.17) is 0 Å². The molecule has 0 aliphatic heterocycles. The molecule has 0 amide bonds. The minimum absolute atomic E-state index is 0. The van der Waals surface area contributed by atoms with Gasteiger partial charge in [-0.3, -0.25) is 4.68 Å². The summed E-state index contributed by atoms with van der Waals surface area (Å²) in [4.78, 5) is 8.21. The second kappa shape index (κ2) is 11.0. The van der Waals surface area contributed by atoms with Crippen LogP contribution in [0.15, 0.2) is 10.4 Å². The third-order valence-corrected chi connectivity index (χ3v) is 4.87. The van der Waals surface area contributed by atoms with Gasteiger partial charge >= 0.3 is 6.18 Å². The van der Waals surface area contributed by atoms with Gasteiger partial charge in [0.15, 0.2) is 11.7 Å². The summed E-state index contributed by atoms with van der Waals surface area (Å²) in [5.41, 5.74) is 2.40. The molecule has 0 unspecified atom stereocenters. The Morgan fingerprint density at radius 3 is 2.46 bits per heavy atom. The Hall–Kier alpha value is -1.37. The van der Waals surface area contributed by atoms with Crippen LogP contribution < -0.4 is 10.6 Å². The molecule has 0 radical (unpaired) electrons. The van der Waals surface area contributed by atoms with Crippen molar-refractivity contribution in [3.05, 3.63) is 33.0 Å². The summed E-state index contributed by atoms with van der Waals surface area (Å²) < 4.78 is 39.8. The quantitative estimate of drug-likeness (QED) is 0.324. The lowest BCUT2D eigenvalue weighted by molar-refractivity contribution is -0.140. The topological polar surface area (TPSA) is 67.1 Å². The highest BCUT2D eigenvalue weighted by Gasteiger charge is 2.33. The van der Waals surface area contributed by atoms with Crippen molar-refractivity contribution in [1.29, 1.82) is 0 Å². The molecule has 6 nitrogen and oxygen atoms in total. The second-order valence-electron chi connectivity index (χ2n) is 5.88. The highest BCUT2D eigenvalue weighted by molar-refractivity contribution is 14.0. The maximum absolute atomic E-state index is 12.7. The van der Waals surface area contributed by atoms with E-state index in [2.05, 4.69) is 39.6 Å². The summed E-state index contributed by atoms with van der Waals surface area (Å²) in [6.45, 7) is 7.35. The molecule has 0 spiro atoms. The molecular weight excluding hydrogens is 504 g/mol. The van der Waals surface area contributed by atoms with Crippen molar-refractivity contribution in [2.24, 2.45) is 12.0 Å². The summed E-state index contributed by atoms with van der Waals surface area (Å²) in [5, 5.41) is 12.1. The summed E-state index contributed by atoms with van der Waals surface area (Å²) >= 11 is 0.977. The Morgan fingerprint density at radius 2 is 1.93 bits per heavy atom. The van der Waals surface area contributed by atoms with Crippen LogP contribution >= 0.6 is 35.3 Å². The van der Waals surface area contributed by atoms with Gasteiger partial charge in [0.2, 0.25) is 0 Å². The fourth-order valence-electron chi connectivity index (χ4n) is 2.75. The zero-order valence-electron chi connectivity index (χ0n) is 16.4. The van der Waals surface area contributed by atoms with E-state index >= 15 is 0 Å². The molecule has 11 heteroatoms. The number of hydrogen-bond donors (Lipinski definition) is 2. The Balaban J connectivity index is 0.00000392. The van der Waals surface area contributed by atoms with Crippen molar-refractivity contribution in [3.8, 4) is 0 Å². The lowest BCUT2D eigenvalue weighted by Gasteiger charge is -2.10. The summed E-state index contributed by atoms with van der Waals surface area (Å²) in [7, 11) is 1.93. The number of rotatable bonds is 7. The van der Waals surface area contributed by atoms with Crippen LogP contribution in [0.25, 0.3) is 0 Å². The molecule has 2 heterocycles. The first-order valence-electron chi connectivity index (χ1n) is 8.87. The predicted molar refractivity (Wildman–Crippen MR) is 116 cm³/mol. The maximum atomic E-state index is 12.7. The molecule has 0 fully saturated rings. The SMILES string of the molecule is CCNC(=NCc1c(CC)nn(C)c1CC)NCc1nc(C(F)(F)F)cs1.I. The first-order valence-corrected chi connectivity index (χ1v) is 9.75. The van der Waals surface area contributed by atoms with Crippen molar-refractivity contribution in [2.45, 2.75) is 52.9 Å². The van der Waals surface area contributed by atoms with Crippen molar-refractivity contribution < 1.29 is 13.2 Å². The molecule has 2 rings (SSSR count). The monoisotopic (exact) mass is 530 g/mol. The van der Waals surface area contributed by atoms with Gasteiger partial charge in [-0.05, 0) is 19.8 Å². The van der Waals surface area contributed by atoms with E-state index < -0.39 is 11.9 Å². The number of aryl methyl sites for hydroxylation is 2. The first-order chi connectivity index (χ1) is 12.8. The summed E-state index contributed by atoms with van der Waals surface area (Å²) in [5.74, 6) is 0.536. The fourth-order valence-corrected chi connectivity index (χ4v) is 3.49. The van der Waals surface area contributed by atoms with E-state index in [9.17, 15) is 13.2 Å². The van der Waals surface area contributed by atoms with Gasteiger partial charge in [-0.25, -0.2) is 9.98 Å². The molecular formula is C17H26F3IN6S. The maximum Gasteiger partial charge on any atom is 0.434 e. The van der Waals surface area contributed by atoms with Crippen LogP contribution in [0.4, 0.5) is 13.2 Å². The van der Waals surface area contributed by atoms with E-state index in [0.717, 1.165) is 46.5 Å². The molecule has 158 valence electrons. The van der Waals surface area contributed by atoms with Gasteiger partial charge in [0, 0.05) is 30.2 Å². The van der Waals surface area contributed by atoms with Crippen LogP contribution in [0.3, 0.4) is 0 Å². The largest absolute Gasteiger partial charge is 0.434 e. The van der Waals surface area contributed by atoms with Gasteiger partial charge in [-0.15, -0.1) is 35.3 Å². The van der Waals surface area contributed by atoms with Crippen molar-refractivity contribution in [3.63, 3.8) is 0 Å². The smallest absolute Gasteiger partial charge is 0.357 e. The van der Waals surface area contributed by atoms with E-state index in [1.165, 1.54) is 0 Å². The van der Waals surface area contributed by atoms with Crippen molar-refractivity contribution >= 4 is 41.3 Å². The highest BCUT2D eigenvalue weighted by Crippen LogP contribution is 2.29. The number of alkyl halides is 3. The van der Waals surface area contributed by atoms with Crippen LogP contribution in [0.2, 0.25) is 0 Å². The molecule has 0 aromatic carbocycles. The van der Waals surface area contributed by atoms with E-state index in [0.29, 0.717) is 24.1 Å². The molecule has 28 heavy (non-hydrogen) atoms. The number of aliphatic imine (C=N–C) groups is 1. The number of nitrogens with zero attached hydrogens (tertiary/aromatic N) is 4. The molecule has 0 aliphatic rings. The average molecular weight is 530 g/mol. The Bertz CT molecular complexity index is 784. The third-order valence-electron chi connectivity index (χ3n) is 4.02. The third kappa shape index (κ3) is 6.33. The summed E-state index contributed by atoms with van der Waals surface area (Å²) in [6.07, 6.45) is -2.74. The number of hydrogen-bond acceptors (Lipinski definition) is 4. The number of guanidine groups is 1. The molecule has 0 bridgehead atoms. The minimum Gasteiger partial charge on any atom is -0.357 e. The molecule has 2 aromatic rings. The molecule has 0 atom stereocenters. The van der Waals surface area contributed by atoms with Crippen molar-refractivity contribution in [1.82, 2.24) is 25.4 Å². The molecule has 0 saturated heterocycles. The first kappa shape index (κ1) is 24.7. The van der Waals surface area contributed by atoms with Gasteiger partial charge in [-0.1, -0.05) is 13.8 Å². The fraction of sp³-hybridized carbons (Fsp3) is 0.588. The van der Waals surface area contributed by atoms with E-state index in [1.807, 2.05) is 18.7 Å². The average Bonchev–Trinajstić information content (AvgIpc) is 3.21. The predicted octanol–water partition coefficient (Wildman–Crippen LogP) is 3.89. The molecule has 2 aromatic heterocycles. The van der Waals surface area contributed by atoms with Crippen LogP contribution in [0.1, 0.15) is 48.4 Å². The normalized spacial score (nSPS) is 12.0.